The van der Waals surface area contributed by atoms with E-state index in [4.69, 9.17) is 0 Å². The first kappa shape index (κ1) is 14.4. The van der Waals surface area contributed by atoms with E-state index in [2.05, 4.69) is 22.6 Å². The third kappa shape index (κ3) is 2.49. The number of aromatic nitrogens is 3. The smallest absolute Gasteiger partial charge is 0.344 e. The van der Waals surface area contributed by atoms with Gasteiger partial charge in [-0.2, -0.15) is 12.6 Å². The highest BCUT2D eigenvalue weighted by atomic mass is 32.1. The summed E-state index contributed by atoms with van der Waals surface area (Å²) in [7, 11) is 0. The molecule has 106 valence electrons. The lowest BCUT2D eigenvalue weighted by Gasteiger charge is -2.05. The van der Waals surface area contributed by atoms with Gasteiger partial charge < -0.3 is 10.1 Å². The minimum Gasteiger partial charge on any atom is -0.358 e. The molecule has 2 aromatic heterocycles. The Morgan fingerprint density at radius 3 is 2.55 bits per heavy atom. The molecule has 11 heteroatoms. The molecular formula is C9H9N5O4S2. The summed E-state index contributed by atoms with van der Waals surface area (Å²) in [5.41, 5.74) is 0. The van der Waals surface area contributed by atoms with Crippen molar-refractivity contribution in [3.63, 3.8) is 0 Å². The third-order valence-electron chi connectivity index (χ3n) is 2.54. The van der Waals surface area contributed by atoms with Crippen molar-refractivity contribution in [1.82, 2.24) is 14.5 Å². The van der Waals surface area contributed by atoms with Crippen molar-refractivity contribution in [1.29, 1.82) is 0 Å². The van der Waals surface area contributed by atoms with Crippen LogP contribution < -0.4 is 0 Å². The summed E-state index contributed by atoms with van der Waals surface area (Å²) in [6.45, 7) is 2.08. The van der Waals surface area contributed by atoms with Crippen LogP contribution in [0.5, 0.6) is 0 Å². The van der Waals surface area contributed by atoms with Crippen LogP contribution in [-0.2, 0) is 6.54 Å². The predicted molar refractivity (Wildman–Crippen MR) is 74.2 cm³/mol. The number of rotatable bonds is 5. The monoisotopic (exact) mass is 315 g/mol. The van der Waals surface area contributed by atoms with Crippen molar-refractivity contribution in [2.45, 2.75) is 18.7 Å². The molecule has 9 nitrogen and oxygen atoms in total. The van der Waals surface area contributed by atoms with Crippen molar-refractivity contribution in [2.75, 3.05) is 0 Å². The fourth-order valence-electron chi connectivity index (χ4n) is 1.67. The van der Waals surface area contributed by atoms with Gasteiger partial charge in [-0.1, -0.05) is 0 Å². The average molecular weight is 315 g/mol. The van der Waals surface area contributed by atoms with Gasteiger partial charge in [-0.3, -0.25) is 10.1 Å². The quantitative estimate of drug-likeness (QED) is 0.513. The standard InChI is InChI=1S/C9H9N5O4S2/c1-2-12-5(13(15)16)3-10-8(12)7(19)9-11-4-6(20-9)14(17)18/h3-4,7,19H,2H2,1H3. The number of imidazole rings is 1. The molecule has 0 saturated heterocycles. The lowest BCUT2D eigenvalue weighted by atomic mass is 10.4. The van der Waals surface area contributed by atoms with Gasteiger partial charge in [-0.15, -0.1) is 0 Å². The van der Waals surface area contributed by atoms with Gasteiger partial charge in [0.15, 0.2) is 0 Å². The van der Waals surface area contributed by atoms with E-state index in [1.54, 1.807) is 6.92 Å². The molecule has 0 amide bonds. The van der Waals surface area contributed by atoms with Crippen LogP contribution in [0.1, 0.15) is 23.0 Å². The second kappa shape index (κ2) is 5.54. The third-order valence-corrected chi connectivity index (χ3v) is 4.20. The summed E-state index contributed by atoms with van der Waals surface area (Å²) in [5.74, 6) is 0.194. The fraction of sp³-hybridized carbons (Fsp3) is 0.333. The van der Waals surface area contributed by atoms with Crippen LogP contribution in [0, 0.1) is 20.2 Å². The maximum Gasteiger partial charge on any atom is 0.344 e. The Labute approximate surface area is 122 Å². The molecular weight excluding hydrogens is 306 g/mol. The fourth-order valence-corrected chi connectivity index (χ4v) is 2.82. The summed E-state index contributed by atoms with van der Waals surface area (Å²) >= 11 is 5.19. The van der Waals surface area contributed by atoms with E-state index >= 15 is 0 Å². The summed E-state index contributed by atoms with van der Waals surface area (Å²) in [6, 6.07) is 0. The van der Waals surface area contributed by atoms with Crippen LogP contribution >= 0.6 is 24.0 Å². The van der Waals surface area contributed by atoms with Crippen LogP contribution in [0.3, 0.4) is 0 Å². The van der Waals surface area contributed by atoms with Gasteiger partial charge >= 0.3 is 10.8 Å². The maximum absolute atomic E-state index is 10.9. The van der Waals surface area contributed by atoms with Crippen LogP contribution in [0.4, 0.5) is 10.8 Å². The predicted octanol–water partition coefficient (Wildman–Crippen LogP) is 2.20. The number of thiazole rings is 1. The molecule has 0 fully saturated rings. The Morgan fingerprint density at radius 2 is 2.05 bits per heavy atom. The van der Waals surface area contributed by atoms with Crippen LogP contribution in [0.15, 0.2) is 12.4 Å². The normalized spacial score (nSPS) is 12.3. The topological polar surface area (TPSA) is 117 Å². The average Bonchev–Trinajstić information content (AvgIpc) is 3.04. The van der Waals surface area contributed by atoms with Gasteiger partial charge in [-0.25, -0.2) is 14.5 Å². The van der Waals surface area contributed by atoms with E-state index < -0.39 is 15.1 Å². The molecule has 0 spiro atoms. The molecule has 0 radical (unpaired) electrons. The van der Waals surface area contributed by atoms with Crippen LogP contribution in [-0.4, -0.2) is 24.4 Å². The zero-order valence-electron chi connectivity index (χ0n) is 10.2. The highest BCUT2D eigenvalue weighted by Crippen LogP contribution is 2.34. The van der Waals surface area contributed by atoms with Gasteiger partial charge in [0.1, 0.15) is 22.7 Å². The Balaban J connectivity index is 2.39. The highest BCUT2D eigenvalue weighted by Gasteiger charge is 2.28. The molecule has 2 rings (SSSR count). The van der Waals surface area contributed by atoms with E-state index in [1.165, 1.54) is 4.57 Å². The van der Waals surface area contributed by atoms with Gasteiger partial charge in [0.05, 0.1) is 11.5 Å². The number of hydrogen-bond donors (Lipinski definition) is 1. The summed E-state index contributed by atoms with van der Waals surface area (Å²) in [4.78, 5) is 28.3. The Kier molecular flexibility index (Phi) is 3.99. The molecule has 2 heterocycles. The molecule has 0 N–H and O–H groups in total. The molecule has 0 aliphatic heterocycles. The second-order valence-electron chi connectivity index (χ2n) is 3.67. The summed E-state index contributed by atoms with van der Waals surface area (Å²) in [6.07, 6.45) is 2.28. The number of nitrogens with zero attached hydrogens (tertiary/aromatic N) is 5. The van der Waals surface area contributed by atoms with Gasteiger partial charge in [0.2, 0.25) is 5.82 Å². The molecule has 0 bridgehead atoms. The SMILES string of the molecule is CCn1c([N+](=O)[O-])cnc1C(S)c1ncc([N+](=O)[O-])s1. The molecule has 0 saturated carbocycles. The lowest BCUT2D eigenvalue weighted by Crippen LogP contribution is -2.08. The highest BCUT2D eigenvalue weighted by molar-refractivity contribution is 7.80. The second-order valence-corrected chi connectivity index (χ2v) is 5.23. The largest absolute Gasteiger partial charge is 0.358 e. The van der Waals surface area contributed by atoms with E-state index in [0.29, 0.717) is 17.4 Å². The minimum atomic E-state index is -0.651. The minimum absolute atomic E-state index is 0.108. The van der Waals surface area contributed by atoms with Crippen molar-refractivity contribution in [3.8, 4) is 0 Å². The van der Waals surface area contributed by atoms with E-state index in [9.17, 15) is 20.2 Å². The van der Waals surface area contributed by atoms with Gasteiger partial charge in [0, 0.05) is 0 Å². The zero-order chi connectivity index (χ0) is 14.9. The first-order chi connectivity index (χ1) is 9.45. The van der Waals surface area contributed by atoms with Crippen LogP contribution in [0.25, 0.3) is 0 Å². The van der Waals surface area contributed by atoms with Crippen molar-refractivity contribution in [3.05, 3.63) is 43.5 Å². The Morgan fingerprint density at radius 1 is 1.35 bits per heavy atom. The van der Waals surface area contributed by atoms with Crippen LogP contribution in [0.2, 0.25) is 0 Å². The van der Waals surface area contributed by atoms with Gasteiger partial charge in [0.25, 0.3) is 0 Å². The summed E-state index contributed by atoms with van der Waals surface area (Å²) in [5, 5.41) is 21.1. The maximum atomic E-state index is 10.9. The number of nitro groups is 2. The lowest BCUT2D eigenvalue weighted by molar-refractivity contribution is -0.392. The molecule has 0 aromatic carbocycles. The molecule has 0 aliphatic rings. The molecule has 1 unspecified atom stereocenters. The number of thiol groups is 1. The zero-order valence-corrected chi connectivity index (χ0v) is 11.9. The van der Waals surface area contributed by atoms with E-state index in [1.807, 2.05) is 0 Å². The van der Waals surface area contributed by atoms with Crippen molar-refractivity contribution >= 4 is 34.8 Å². The molecule has 2 aromatic rings. The van der Waals surface area contributed by atoms with Crippen molar-refractivity contribution < 1.29 is 9.85 Å². The van der Waals surface area contributed by atoms with Gasteiger partial charge in [-0.05, 0) is 23.2 Å². The van der Waals surface area contributed by atoms with Crippen molar-refractivity contribution in [2.24, 2.45) is 0 Å². The summed E-state index contributed by atoms with van der Waals surface area (Å²) < 4.78 is 1.39. The molecule has 0 aliphatic carbocycles. The molecule has 1 atom stereocenters. The van der Waals surface area contributed by atoms with E-state index in [-0.39, 0.29) is 10.8 Å². The molecule has 20 heavy (non-hydrogen) atoms. The first-order valence-electron chi connectivity index (χ1n) is 5.43. The Hall–Kier alpha value is -2.01. The number of hydrogen-bond acceptors (Lipinski definition) is 8. The van der Waals surface area contributed by atoms with E-state index in [0.717, 1.165) is 23.7 Å². The first-order valence-corrected chi connectivity index (χ1v) is 6.77. The Bertz CT molecular complexity index is 667.